The van der Waals surface area contributed by atoms with Crippen molar-refractivity contribution in [2.24, 2.45) is 0 Å². The van der Waals surface area contributed by atoms with Crippen molar-refractivity contribution in [3.63, 3.8) is 0 Å². The number of hydrogen-bond acceptors (Lipinski definition) is 6. The summed E-state index contributed by atoms with van der Waals surface area (Å²) in [6, 6.07) is 6.70. The van der Waals surface area contributed by atoms with Gasteiger partial charge in [0.15, 0.2) is 0 Å². The minimum absolute atomic E-state index is 0.307. The number of alkyl halides is 2. The molecule has 0 radical (unpaired) electrons. The summed E-state index contributed by atoms with van der Waals surface area (Å²) >= 11 is 0. The summed E-state index contributed by atoms with van der Waals surface area (Å²) < 4.78 is 78.9. The fraction of sp³-hybridized carbons (Fsp3) is 0.429. The first-order valence-electron chi connectivity index (χ1n) is 7.74. The van der Waals surface area contributed by atoms with Crippen molar-refractivity contribution in [1.82, 2.24) is 22.8 Å². The maximum atomic E-state index is 13.6. The molecular formula is C14H17F2N5O4S2. The van der Waals surface area contributed by atoms with Crippen molar-refractivity contribution >= 4 is 20.2 Å². The van der Waals surface area contributed by atoms with Gasteiger partial charge in [0.1, 0.15) is 6.33 Å². The molecule has 1 fully saturated rings. The van der Waals surface area contributed by atoms with Crippen molar-refractivity contribution in [2.45, 2.75) is 30.1 Å². The molecule has 1 unspecified atom stereocenters. The van der Waals surface area contributed by atoms with Crippen LogP contribution < -0.4 is 0 Å². The Hall–Kier alpha value is -1.96. The van der Waals surface area contributed by atoms with Crippen LogP contribution >= 0.6 is 0 Å². The van der Waals surface area contributed by atoms with E-state index in [0.29, 0.717) is 20.3 Å². The van der Waals surface area contributed by atoms with Crippen molar-refractivity contribution in [1.29, 1.82) is 0 Å². The van der Waals surface area contributed by atoms with Gasteiger partial charge in [0.2, 0.25) is 0 Å². The number of hydrogen-bond donors (Lipinski definition) is 0. The number of aromatic nitrogens is 3. The molecule has 3 rings (SSSR count). The summed E-state index contributed by atoms with van der Waals surface area (Å²) in [6.45, 7) is -0.307. The standard InChI is InChI=1S/C14H17F2N5O4S2/c1-19(2)27(24,25)21-10-17-13(18-21)26(22,23)20(12-8-14(12,15)16)9-11-6-4-3-5-7-11/h3-7,10,12H,8-9H2,1-2H3. The van der Waals surface area contributed by atoms with Crippen molar-refractivity contribution in [3.8, 4) is 0 Å². The van der Waals surface area contributed by atoms with Crippen LogP contribution in [-0.2, 0) is 26.8 Å². The van der Waals surface area contributed by atoms with Crippen LogP contribution in [0, 0.1) is 0 Å². The van der Waals surface area contributed by atoms with Gasteiger partial charge in [-0.3, -0.25) is 0 Å². The first-order chi connectivity index (χ1) is 12.5. The Kier molecular flexibility index (Phi) is 4.82. The van der Waals surface area contributed by atoms with Crippen LogP contribution in [0.4, 0.5) is 8.78 Å². The lowest BCUT2D eigenvalue weighted by atomic mass is 10.2. The van der Waals surface area contributed by atoms with Crippen LogP contribution in [-0.4, -0.2) is 65.7 Å². The third-order valence-corrected chi connectivity index (χ3v) is 7.23. The molecule has 0 aliphatic heterocycles. The molecule has 0 saturated heterocycles. The van der Waals surface area contributed by atoms with E-state index in [4.69, 9.17) is 0 Å². The maximum absolute atomic E-state index is 13.6. The van der Waals surface area contributed by atoms with E-state index in [-0.39, 0.29) is 6.54 Å². The molecule has 1 saturated carbocycles. The first-order valence-corrected chi connectivity index (χ1v) is 10.6. The molecule has 0 bridgehead atoms. The summed E-state index contributed by atoms with van der Waals surface area (Å²) in [5.41, 5.74) is 0.504. The van der Waals surface area contributed by atoms with E-state index in [2.05, 4.69) is 10.1 Å². The number of sulfonamides is 1. The average Bonchev–Trinajstić information content (AvgIpc) is 3.00. The summed E-state index contributed by atoms with van der Waals surface area (Å²) in [7, 11) is -6.16. The van der Waals surface area contributed by atoms with Gasteiger partial charge in [0, 0.05) is 27.1 Å². The minimum Gasteiger partial charge on any atom is -0.205 e. The highest BCUT2D eigenvalue weighted by Gasteiger charge is 2.63. The minimum atomic E-state index is -4.54. The van der Waals surface area contributed by atoms with Gasteiger partial charge in [-0.25, -0.2) is 22.2 Å². The molecule has 1 aromatic carbocycles. The number of rotatable bonds is 7. The second-order valence-electron chi connectivity index (χ2n) is 6.21. The Morgan fingerprint density at radius 2 is 1.78 bits per heavy atom. The maximum Gasteiger partial charge on any atom is 0.323 e. The molecule has 1 aliphatic rings. The molecule has 1 aromatic heterocycles. The lowest BCUT2D eigenvalue weighted by molar-refractivity contribution is 0.0904. The summed E-state index contributed by atoms with van der Waals surface area (Å²) in [5.74, 6) is -3.15. The summed E-state index contributed by atoms with van der Waals surface area (Å²) in [6.07, 6.45) is 0.101. The zero-order chi connectivity index (χ0) is 20.0. The molecule has 1 heterocycles. The third-order valence-electron chi connectivity index (χ3n) is 4.01. The van der Waals surface area contributed by atoms with E-state index < -0.39 is 43.8 Å². The van der Waals surface area contributed by atoms with Crippen LogP contribution in [0.1, 0.15) is 12.0 Å². The molecule has 2 aromatic rings. The predicted octanol–water partition coefficient (Wildman–Crippen LogP) is 0.531. The smallest absolute Gasteiger partial charge is 0.205 e. The highest BCUT2D eigenvalue weighted by molar-refractivity contribution is 7.89. The molecule has 148 valence electrons. The van der Waals surface area contributed by atoms with Crippen LogP contribution in [0.3, 0.4) is 0 Å². The summed E-state index contributed by atoms with van der Waals surface area (Å²) in [5, 5.41) is 2.64. The highest BCUT2D eigenvalue weighted by Crippen LogP contribution is 2.47. The predicted molar refractivity (Wildman–Crippen MR) is 90.5 cm³/mol. The highest BCUT2D eigenvalue weighted by atomic mass is 32.2. The average molecular weight is 421 g/mol. The van der Waals surface area contributed by atoms with Gasteiger partial charge in [-0.05, 0) is 5.56 Å². The SMILES string of the molecule is CN(C)S(=O)(=O)n1cnc(S(=O)(=O)N(Cc2ccccc2)C2CC2(F)F)n1. The molecule has 0 spiro atoms. The molecule has 13 heteroatoms. The van der Waals surface area contributed by atoms with Gasteiger partial charge in [-0.1, -0.05) is 30.3 Å². The topological polar surface area (TPSA) is 105 Å². The first kappa shape index (κ1) is 19.8. The lowest BCUT2D eigenvalue weighted by Crippen LogP contribution is -2.36. The van der Waals surface area contributed by atoms with Gasteiger partial charge < -0.3 is 0 Å². The molecular weight excluding hydrogens is 404 g/mol. The number of halogens is 2. The van der Waals surface area contributed by atoms with Gasteiger partial charge in [0.25, 0.3) is 21.1 Å². The Morgan fingerprint density at radius 1 is 1.19 bits per heavy atom. The largest absolute Gasteiger partial charge is 0.323 e. The number of nitrogens with zero attached hydrogens (tertiary/aromatic N) is 5. The second-order valence-corrected chi connectivity index (χ2v) is 9.99. The molecule has 1 atom stereocenters. The van der Waals surface area contributed by atoms with Crippen molar-refractivity contribution < 1.29 is 25.6 Å². The summed E-state index contributed by atoms with van der Waals surface area (Å²) in [4.78, 5) is 3.53. The van der Waals surface area contributed by atoms with E-state index in [1.807, 2.05) is 0 Å². The van der Waals surface area contributed by atoms with E-state index >= 15 is 0 Å². The molecule has 9 nitrogen and oxygen atoms in total. The van der Waals surface area contributed by atoms with E-state index in [1.165, 1.54) is 14.1 Å². The van der Waals surface area contributed by atoms with Crippen molar-refractivity contribution in [2.75, 3.05) is 14.1 Å². The number of benzene rings is 1. The van der Waals surface area contributed by atoms with Gasteiger partial charge in [-0.15, -0.1) is 9.19 Å². The van der Waals surface area contributed by atoms with Crippen molar-refractivity contribution in [3.05, 3.63) is 42.2 Å². The Labute approximate surface area is 155 Å². The third kappa shape index (κ3) is 3.72. The van der Waals surface area contributed by atoms with Gasteiger partial charge in [0.05, 0.1) is 6.04 Å². The molecule has 0 N–H and O–H groups in total. The Morgan fingerprint density at radius 3 is 2.30 bits per heavy atom. The van der Waals surface area contributed by atoms with E-state index in [0.717, 1.165) is 4.31 Å². The normalized spacial score (nSPS) is 19.6. The molecule has 27 heavy (non-hydrogen) atoms. The quantitative estimate of drug-likeness (QED) is 0.646. The van der Waals surface area contributed by atoms with Crippen LogP contribution in [0.25, 0.3) is 0 Å². The fourth-order valence-electron chi connectivity index (χ4n) is 2.37. The second kappa shape index (κ2) is 6.58. The zero-order valence-corrected chi connectivity index (χ0v) is 16.0. The van der Waals surface area contributed by atoms with E-state index in [1.54, 1.807) is 30.3 Å². The fourth-order valence-corrected chi connectivity index (χ4v) is 4.57. The Bertz CT molecular complexity index is 1040. The van der Waals surface area contributed by atoms with Crippen LogP contribution in [0.2, 0.25) is 0 Å². The molecule has 1 aliphatic carbocycles. The Balaban J connectivity index is 1.98. The van der Waals surface area contributed by atoms with Gasteiger partial charge >= 0.3 is 10.2 Å². The lowest BCUT2D eigenvalue weighted by Gasteiger charge is -2.20. The monoisotopic (exact) mass is 421 g/mol. The van der Waals surface area contributed by atoms with Crippen LogP contribution in [0.15, 0.2) is 41.8 Å². The zero-order valence-electron chi connectivity index (χ0n) is 14.4. The molecule has 0 amide bonds. The van der Waals surface area contributed by atoms with E-state index in [9.17, 15) is 25.6 Å². The van der Waals surface area contributed by atoms with Crippen LogP contribution in [0.5, 0.6) is 0 Å². The van der Waals surface area contributed by atoms with Gasteiger partial charge in [-0.2, -0.15) is 17.0 Å².